The average Bonchev–Trinajstić information content (AvgIpc) is 2.19. The normalized spacial score (nSPS) is 18.8. The third-order valence-corrected chi connectivity index (χ3v) is 1.79. The number of urea groups is 1. The molecule has 1 atom stereocenters. The molecule has 0 radical (unpaired) electrons. The summed E-state index contributed by atoms with van der Waals surface area (Å²) in [4.78, 5) is 22.8. The molecule has 7 heteroatoms. The number of ether oxygens (including phenoxy) is 1. The minimum absolute atomic E-state index is 0.401. The van der Waals surface area contributed by atoms with E-state index in [0.29, 0.717) is 26.3 Å². The number of carboxylic acid groups (broad SMARTS) is 1. The van der Waals surface area contributed by atoms with Gasteiger partial charge >= 0.3 is 12.0 Å². The van der Waals surface area contributed by atoms with E-state index in [1.54, 1.807) is 0 Å². The van der Waals surface area contributed by atoms with Gasteiger partial charge in [0.1, 0.15) is 0 Å². The first-order chi connectivity index (χ1) is 6.61. The maximum atomic E-state index is 11.2. The predicted octanol–water partition coefficient (Wildman–Crippen LogP) is -1.57. The highest BCUT2D eigenvalue weighted by atomic mass is 16.5. The van der Waals surface area contributed by atoms with E-state index in [1.165, 1.54) is 4.90 Å². The van der Waals surface area contributed by atoms with Crippen LogP contribution in [0.4, 0.5) is 4.79 Å². The molecule has 1 aliphatic rings. The van der Waals surface area contributed by atoms with Gasteiger partial charge in [-0.1, -0.05) is 0 Å². The van der Waals surface area contributed by atoms with E-state index in [2.05, 4.69) is 0 Å². The van der Waals surface area contributed by atoms with Gasteiger partial charge in [0.2, 0.25) is 6.23 Å². The van der Waals surface area contributed by atoms with Crippen molar-refractivity contribution in [3.63, 3.8) is 0 Å². The Hall–Kier alpha value is -1.34. The number of nitrogens with zero attached hydrogens (tertiary/aromatic N) is 1. The van der Waals surface area contributed by atoms with E-state index in [9.17, 15) is 9.59 Å². The lowest BCUT2D eigenvalue weighted by atomic mass is 10.4. The Morgan fingerprint density at radius 3 is 2.43 bits per heavy atom. The van der Waals surface area contributed by atoms with Crippen LogP contribution in [0.3, 0.4) is 0 Å². The van der Waals surface area contributed by atoms with Crippen LogP contribution in [-0.2, 0) is 9.53 Å². The summed E-state index contributed by atoms with van der Waals surface area (Å²) < 4.78 is 5.00. The average molecular weight is 204 g/mol. The largest absolute Gasteiger partial charge is 0.478 e. The lowest BCUT2D eigenvalue weighted by Crippen LogP contribution is -2.51. The van der Waals surface area contributed by atoms with E-state index in [1.807, 2.05) is 5.32 Å². The molecule has 2 amide bonds. The monoisotopic (exact) mass is 204 g/mol. The van der Waals surface area contributed by atoms with Crippen LogP contribution in [-0.4, -0.2) is 59.6 Å². The summed E-state index contributed by atoms with van der Waals surface area (Å²) in [6.07, 6.45) is -1.86. The summed E-state index contributed by atoms with van der Waals surface area (Å²) in [6.45, 7) is 1.66. The van der Waals surface area contributed by atoms with Crippen molar-refractivity contribution >= 4 is 12.0 Å². The van der Waals surface area contributed by atoms with Gasteiger partial charge in [0, 0.05) is 13.1 Å². The highest BCUT2D eigenvalue weighted by molar-refractivity contribution is 5.81. The number of carbonyl (C=O) groups excluding carboxylic acids is 1. The third kappa shape index (κ3) is 2.86. The summed E-state index contributed by atoms with van der Waals surface area (Å²) in [5.74, 6) is -1.48. The molecule has 1 fully saturated rings. The molecule has 0 aromatic carbocycles. The number of carbonyl (C=O) groups is 2. The van der Waals surface area contributed by atoms with E-state index >= 15 is 0 Å². The minimum atomic E-state index is -1.86. The quantitative estimate of drug-likeness (QED) is 0.472. The van der Waals surface area contributed by atoms with Gasteiger partial charge in [0.05, 0.1) is 13.2 Å². The Bertz CT molecular complexity index is 226. The maximum Gasteiger partial charge on any atom is 0.353 e. The zero-order valence-corrected chi connectivity index (χ0v) is 7.47. The fourth-order valence-corrected chi connectivity index (χ4v) is 1.04. The van der Waals surface area contributed by atoms with Gasteiger partial charge in [-0.05, 0) is 0 Å². The van der Waals surface area contributed by atoms with Crippen LogP contribution in [0, 0.1) is 0 Å². The molecule has 1 unspecified atom stereocenters. The van der Waals surface area contributed by atoms with Crippen LogP contribution in [0.15, 0.2) is 0 Å². The first-order valence-electron chi connectivity index (χ1n) is 4.15. The Morgan fingerprint density at radius 1 is 1.36 bits per heavy atom. The predicted molar refractivity (Wildman–Crippen MR) is 44.6 cm³/mol. The number of carboxylic acids is 1. The zero-order chi connectivity index (χ0) is 10.6. The topological polar surface area (TPSA) is 99.1 Å². The highest BCUT2D eigenvalue weighted by Gasteiger charge is 2.21. The molecular weight excluding hydrogens is 192 g/mol. The molecule has 7 nitrogen and oxygen atoms in total. The number of aliphatic hydroxyl groups is 1. The van der Waals surface area contributed by atoms with E-state index < -0.39 is 18.2 Å². The van der Waals surface area contributed by atoms with Crippen molar-refractivity contribution in [2.75, 3.05) is 26.3 Å². The molecule has 14 heavy (non-hydrogen) atoms. The van der Waals surface area contributed by atoms with Crippen LogP contribution in [0.1, 0.15) is 0 Å². The second kappa shape index (κ2) is 4.77. The van der Waals surface area contributed by atoms with E-state index in [-0.39, 0.29) is 0 Å². The minimum Gasteiger partial charge on any atom is -0.478 e. The number of aliphatic carboxylic acids is 1. The lowest BCUT2D eigenvalue weighted by Gasteiger charge is -2.27. The van der Waals surface area contributed by atoms with Crippen molar-refractivity contribution in [3.05, 3.63) is 0 Å². The lowest BCUT2D eigenvalue weighted by molar-refractivity contribution is -0.147. The maximum absolute atomic E-state index is 11.2. The van der Waals surface area contributed by atoms with Gasteiger partial charge in [0.25, 0.3) is 0 Å². The molecule has 0 bridgehead atoms. The summed E-state index contributed by atoms with van der Waals surface area (Å²) in [5.41, 5.74) is 0. The molecule has 80 valence electrons. The summed E-state index contributed by atoms with van der Waals surface area (Å²) in [7, 11) is 0. The number of nitrogens with one attached hydrogen (secondary N) is 1. The molecule has 0 spiro atoms. The molecule has 0 aliphatic carbocycles. The molecule has 1 heterocycles. The first-order valence-corrected chi connectivity index (χ1v) is 4.15. The molecule has 0 aromatic heterocycles. The SMILES string of the molecule is O=C(O)C(O)NC(=O)N1CCOCC1. The van der Waals surface area contributed by atoms with Crippen LogP contribution in [0.25, 0.3) is 0 Å². The molecule has 3 N–H and O–H groups in total. The van der Waals surface area contributed by atoms with Crippen molar-refractivity contribution in [2.45, 2.75) is 6.23 Å². The second-order valence-electron chi connectivity index (χ2n) is 2.79. The number of hydrogen-bond acceptors (Lipinski definition) is 4. The summed E-state index contributed by atoms with van der Waals surface area (Å²) in [5, 5.41) is 19.1. The number of amides is 2. The van der Waals surface area contributed by atoms with Gasteiger partial charge in [-0.3, -0.25) is 0 Å². The fraction of sp³-hybridized carbons (Fsp3) is 0.714. The molecule has 1 saturated heterocycles. The zero-order valence-electron chi connectivity index (χ0n) is 7.47. The van der Waals surface area contributed by atoms with Gasteiger partial charge < -0.3 is 25.2 Å². The Balaban J connectivity index is 2.36. The van der Waals surface area contributed by atoms with Crippen molar-refractivity contribution in [3.8, 4) is 0 Å². The van der Waals surface area contributed by atoms with Gasteiger partial charge in [-0.2, -0.15) is 0 Å². The summed E-state index contributed by atoms with van der Waals surface area (Å²) >= 11 is 0. The Kier molecular flexibility index (Phi) is 3.66. The molecular formula is C7H12N2O5. The summed E-state index contributed by atoms with van der Waals surface area (Å²) in [6, 6.07) is -0.594. The van der Waals surface area contributed by atoms with E-state index in [0.717, 1.165) is 0 Å². The van der Waals surface area contributed by atoms with Crippen LogP contribution in [0.5, 0.6) is 0 Å². The standard InChI is InChI=1S/C7H12N2O5/c10-5(6(11)12)8-7(13)9-1-3-14-4-2-9/h5,10H,1-4H2,(H,8,13)(H,11,12). The van der Waals surface area contributed by atoms with Crippen molar-refractivity contribution < 1.29 is 24.5 Å². The second-order valence-corrected chi connectivity index (χ2v) is 2.79. The van der Waals surface area contributed by atoms with Crippen LogP contribution < -0.4 is 5.32 Å². The van der Waals surface area contributed by atoms with Crippen molar-refractivity contribution in [1.29, 1.82) is 0 Å². The van der Waals surface area contributed by atoms with E-state index in [4.69, 9.17) is 14.9 Å². The molecule has 1 aliphatic heterocycles. The highest BCUT2D eigenvalue weighted by Crippen LogP contribution is 1.97. The van der Waals surface area contributed by atoms with Crippen molar-refractivity contribution in [2.24, 2.45) is 0 Å². The van der Waals surface area contributed by atoms with Crippen LogP contribution in [0.2, 0.25) is 0 Å². The first kappa shape index (κ1) is 10.7. The molecule has 0 saturated carbocycles. The number of aliphatic hydroxyl groups excluding tert-OH is 1. The Morgan fingerprint density at radius 2 is 1.93 bits per heavy atom. The van der Waals surface area contributed by atoms with Gasteiger partial charge in [-0.15, -0.1) is 0 Å². The van der Waals surface area contributed by atoms with Crippen molar-refractivity contribution in [1.82, 2.24) is 10.2 Å². The molecule has 0 aromatic rings. The fourth-order valence-electron chi connectivity index (χ4n) is 1.04. The number of morpholine rings is 1. The molecule has 1 rings (SSSR count). The number of rotatable bonds is 2. The van der Waals surface area contributed by atoms with Gasteiger partial charge in [0.15, 0.2) is 0 Å². The third-order valence-electron chi connectivity index (χ3n) is 1.79. The van der Waals surface area contributed by atoms with Crippen LogP contribution >= 0.6 is 0 Å². The Labute approximate surface area is 80.3 Å². The smallest absolute Gasteiger partial charge is 0.353 e. The number of hydrogen-bond donors (Lipinski definition) is 3. The van der Waals surface area contributed by atoms with Gasteiger partial charge in [-0.25, -0.2) is 9.59 Å².